The maximum absolute atomic E-state index is 13.4. The molecule has 3 aromatic carbocycles. The second kappa shape index (κ2) is 12.4. The van der Waals surface area contributed by atoms with Gasteiger partial charge in [-0.1, -0.05) is 49.4 Å². The molecule has 0 bridgehead atoms. The van der Waals surface area contributed by atoms with E-state index in [2.05, 4.69) is 10.6 Å². The van der Waals surface area contributed by atoms with E-state index in [4.69, 9.17) is 9.15 Å². The summed E-state index contributed by atoms with van der Waals surface area (Å²) in [5.74, 6) is 0.203. The van der Waals surface area contributed by atoms with Gasteiger partial charge in [-0.05, 0) is 54.5 Å². The standard InChI is InChI=1S/C31H27F3N2O4/c1-3-25-26(17-18-27(37)35-19-20-9-15-24(39-2)16-10-20)40-29(21-11-13-22(14-12-21)31(32,33)34)28(25)30(38)36-23-7-5-4-6-8-23/h4-18H,3,19H2,1-2H3,(H,35,37)(H,36,38)/b18-17+. The van der Waals surface area contributed by atoms with E-state index in [0.717, 1.165) is 17.7 Å². The average molecular weight is 549 g/mol. The van der Waals surface area contributed by atoms with Crippen molar-refractivity contribution in [3.63, 3.8) is 0 Å². The number of ether oxygens (including phenoxy) is 1. The van der Waals surface area contributed by atoms with Gasteiger partial charge < -0.3 is 19.8 Å². The number of amides is 2. The van der Waals surface area contributed by atoms with Crippen LogP contribution in [0.15, 0.2) is 89.4 Å². The SMILES string of the molecule is CCc1c(/C=C/C(=O)NCc2ccc(OC)cc2)oc(-c2ccc(C(F)(F)F)cc2)c1C(=O)Nc1ccccc1. The van der Waals surface area contributed by atoms with Crippen LogP contribution in [0.4, 0.5) is 18.9 Å². The van der Waals surface area contributed by atoms with Gasteiger partial charge >= 0.3 is 6.18 Å². The van der Waals surface area contributed by atoms with E-state index in [1.807, 2.05) is 19.1 Å². The minimum absolute atomic E-state index is 0.109. The Morgan fingerprint density at radius 3 is 2.23 bits per heavy atom. The van der Waals surface area contributed by atoms with Crippen LogP contribution in [-0.2, 0) is 23.9 Å². The van der Waals surface area contributed by atoms with Crippen molar-refractivity contribution in [1.82, 2.24) is 5.32 Å². The molecule has 0 unspecified atom stereocenters. The Morgan fingerprint density at radius 1 is 0.950 bits per heavy atom. The monoisotopic (exact) mass is 548 g/mol. The molecule has 0 radical (unpaired) electrons. The fourth-order valence-corrected chi connectivity index (χ4v) is 4.08. The topological polar surface area (TPSA) is 80.6 Å². The van der Waals surface area contributed by atoms with Crippen molar-refractivity contribution in [2.24, 2.45) is 0 Å². The number of carbonyl (C=O) groups is 2. The van der Waals surface area contributed by atoms with Gasteiger partial charge in [0, 0.05) is 29.4 Å². The number of anilines is 1. The maximum atomic E-state index is 13.4. The number of methoxy groups -OCH3 is 1. The van der Waals surface area contributed by atoms with Crippen molar-refractivity contribution in [2.45, 2.75) is 26.1 Å². The molecule has 0 saturated heterocycles. The third-order valence-electron chi connectivity index (χ3n) is 6.14. The summed E-state index contributed by atoms with van der Waals surface area (Å²) >= 11 is 0. The van der Waals surface area contributed by atoms with E-state index >= 15 is 0 Å². The summed E-state index contributed by atoms with van der Waals surface area (Å²) in [6.07, 6.45) is -1.39. The molecule has 0 aliphatic heterocycles. The van der Waals surface area contributed by atoms with E-state index in [-0.39, 0.29) is 29.5 Å². The Hall–Kier alpha value is -4.79. The van der Waals surface area contributed by atoms with Crippen LogP contribution in [0.2, 0.25) is 0 Å². The van der Waals surface area contributed by atoms with E-state index in [1.165, 1.54) is 24.3 Å². The molecular formula is C31H27F3N2O4. The lowest BCUT2D eigenvalue weighted by atomic mass is 10.00. The normalized spacial score (nSPS) is 11.4. The summed E-state index contributed by atoms with van der Waals surface area (Å²) in [5, 5.41) is 5.59. The first-order valence-electron chi connectivity index (χ1n) is 12.5. The first kappa shape index (κ1) is 28.2. The van der Waals surface area contributed by atoms with Gasteiger partial charge in [-0.25, -0.2) is 0 Å². The van der Waals surface area contributed by atoms with Crippen LogP contribution in [0.5, 0.6) is 5.75 Å². The molecule has 1 aromatic heterocycles. The van der Waals surface area contributed by atoms with Gasteiger partial charge in [0.1, 0.15) is 17.3 Å². The van der Waals surface area contributed by atoms with Crippen molar-refractivity contribution in [3.8, 4) is 17.1 Å². The second-order valence-electron chi connectivity index (χ2n) is 8.80. The van der Waals surface area contributed by atoms with Crippen LogP contribution >= 0.6 is 0 Å². The Balaban J connectivity index is 1.63. The van der Waals surface area contributed by atoms with Crippen molar-refractivity contribution >= 4 is 23.6 Å². The predicted octanol–water partition coefficient (Wildman–Crippen LogP) is 7.12. The molecule has 2 N–H and O–H groups in total. The first-order valence-corrected chi connectivity index (χ1v) is 12.5. The van der Waals surface area contributed by atoms with E-state index in [9.17, 15) is 22.8 Å². The molecule has 2 amide bonds. The highest BCUT2D eigenvalue weighted by Crippen LogP contribution is 2.36. The third kappa shape index (κ3) is 6.79. The van der Waals surface area contributed by atoms with Crippen LogP contribution in [0.1, 0.15) is 39.7 Å². The van der Waals surface area contributed by atoms with E-state index in [1.54, 1.807) is 49.6 Å². The van der Waals surface area contributed by atoms with Crippen LogP contribution in [0, 0.1) is 0 Å². The molecule has 0 fully saturated rings. The maximum Gasteiger partial charge on any atom is 0.416 e. The highest BCUT2D eigenvalue weighted by atomic mass is 19.4. The van der Waals surface area contributed by atoms with Crippen LogP contribution in [0.3, 0.4) is 0 Å². The highest BCUT2D eigenvalue weighted by molar-refractivity contribution is 6.09. The quantitative estimate of drug-likeness (QED) is 0.218. The van der Waals surface area contributed by atoms with Crippen molar-refractivity contribution in [3.05, 3.63) is 113 Å². The molecule has 6 nitrogen and oxygen atoms in total. The predicted molar refractivity (Wildman–Crippen MR) is 147 cm³/mol. The molecule has 1 heterocycles. The lowest BCUT2D eigenvalue weighted by Crippen LogP contribution is -2.20. The summed E-state index contributed by atoms with van der Waals surface area (Å²) in [7, 11) is 1.57. The Bertz CT molecular complexity index is 1490. The number of hydrogen-bond acceptors (Lipinski definition) is 4. The summed E-state index contributed by atoms with van der Waals surface area (Å²) in [4.78, 5) is 25.9. The first-order chi connectivity index (χ1) is 19.2. The van der Waals surface area contributed by atoms with Gasteiger partial charge in [0.25, 0.3) is 5.91 Å². The largest absolute Gasteiger partial charge is 0.497 e. The molecule has 0 spiro atoms. The van der Waals surface area contributed by atoms with E-state index < -0.39 is 17.6 Å². The number of carbonyl (C=O) groups excluding carboxylic acids is 2. The van der Waals surface area contributed by atoms with Crippen molar-refractivity contribution < 1.29 is 31.9 Å². The average Bonchev–Trinajstić information content (AvgIpc) is 3.34. The molecule has 4 rings (SSSR count). The van der Waals surface area contributed by atoms with Crippen molar-refractivity contribution in [1.29, 1.82) is 0 Å². The summed E-state index contributed by atoms with van der Waals surface area (Å²) in [5.41, 5.74) is 1.60. The number of halogens is 3. The Kier molecular flexibility index (Phi) is 8.73. The lowest BCUT2D eigenvalue weighted by Gasteiger charge is -2.09. The van der Waals surface area contributed by atoms with Gasteiger partial charge in [0.2, 0.25) is 5.91 Å². The van der Waals surface area contributed by atoms with Crippen LogP contribution < -0.4 is 15.4 Å². The molecule has 0 aliphatic carbocycles. The Morgan fingerprint density at radius 2 is 1.62 bits per heavy atom. The number of alkyl halides is 3. The number of rotatable bonds is 9. The molecule has 9 heteroatoms. The molecule has 206 valence electrons. The second-order valence-corrected chi connectivity index (χ2v) is 8.80. The van der Waals surface area contributed by atoms with Gasteiger partial charge in [0.15, 0.2) is 0 Å². The van der Waals surface area contributed by atoms with Gasteiger partial charge in [-0.3, -0.25) is 9.59 Å². The molecule has 0 aliphatic rings. The van der Waals surface area contributed by atoms with E-state index in [0.29, 0.717) is 29.0 Å². The van der Waals surface area contributed by atoms with Crippen LogP contribution in [0.25, 0.3) is 17.4 Å². The van der Waals surface area contributed by atoms with Gasteiger partial charge in [-0.2, -0.15) is 13.2 Å². The number of nitrogens with one attached hydrogen (secondary N) is 2. The smallest absolute Gasteiger partial charge is 0.416 e. The number of hydrogen-bond donors (Lipinski definition) is 2. The fourth-order valence-electron chi connectivity index (χ4n) is 4.08. The zero-order chi connectivity index (χ0) is 28.7. The van der Waals surface area contributed by atoms with Crippen LogP contribution in [-0.4, -0.2) is 18.9 Å². The minimum Gasteiger partial charge on any atom is -0.497 e. The number of benzene rings is 3. The molecule has 0 saturated carbocycles. The minimum atomic E-state index is -4.50. The van der Waals surface area contributed by atoms with Gasteiger partial charge in [0.05, 0.1) is 18.2 Å². The molecule has 4 aromatic rings. The summed E-state index contributed by atoms with van der Waals surface area (Å²) < 4.78 is 50.6. The highest BCUT2D eigenvalue weighted by Gasteiger charge is 2.31. The van der Waals surface area contributed by atoms with Crippen molar-refractivity contribution in [2.75, 3.05) is 12.4 Å². The summed E-state index contributed by atoms with van der Waals surface area (Å²) in [6.45, 7) is 2.11. The zero-order valence-electron chi connectivity index (χ0n) is 21.8. The fraction of sp³-hybridized carbons (Fsp3) is 0.161. The molecular weight excluding hydrogens is 521 g/mol. The summed E-state index contributed by atoms with van der Waals surface area (Å²) in [6, 6.07) is 20.4. The molecule has 40 heavy (non-hydrogen) atoms. The molecule has 0 atom stereocenters. The number of para-hydroxylation sites is 1. The lowest BCUT2D eigenvalue weighted by molar-refractivity contribution is -0.137. The Labute approximate surface area is 229 Å². The number of furan rings is 1. The zero-order valence-corrected chi connectivity index (χ0v) is 21.8. The third-order valence-corrected chi connectivity index (χ3v) is 6.14. The van der Waals surface area contributed by atoms with Gasteiger partial charge in [-0.15, -0.1) is 0 Å².